The number of carbonyl (C=O) groups excluding carboxylic acids is 2. The third kappa shape index (κ3) is 3.85. The third-order valence-corrected chi connectivity index (χ3v) is 3.96. The topological polar surface area (TPSA) is 90.0 Å². The van der Waals surface area contributed by atoms with E-state index in [1.54, 1.807) is 18.9 Å². The number of piperidine rings is 1. The Bertz CT molecular complexity index is 389. The second kappa shape index (κ2) is 6.58. The monoisotopic (exact) mass is 285 g/mol. The molecule has 1 aliphatic rings. The molecule has 7 nitrogen and oxygen atoms in total. The van der Waals surface area contributed by atoms with Crippen molar-refractivity contribution in [3.8, 4) is 0 Å². The summed E-state index contributed by atoms with van der Waals surface area (Å²) in [7, 11) is 1.67. The van der Waals surface area contributed by atoms with Gasteiger partial charge in [-0.15, -0.1) is 0 Å². The van der Waals surface area contributed by atoms with E-state index in [2.05, 4.69) is 5.32 Å². The number of aliphatic carboxylic acids is 1. The van der Waals surface area contributed by atoms with Crippen LogP contribution in [-0.2, 0) is 9.59 Å². The third-order valence-electron chi connectivity index (χ3n) is 3.96. The molecular weight excluding hydrogens is 262 g/mol. The maximum atomic E-state index is 11.9. The molecule has 1 aliphatic heterocycles. The molecule has 1 heterocycles. The molecule has 0 aliphatic carbocycles. The summed E-state index contributed by atoms with van der Waals surface area (Å²) >= 11 is 0. The normalized spacial score (nSPS) is 17.4. The maximum Gasteiger partial charge on any atom is 0.317 e. The van der Waals surface area contributed by atoms with Crippen LogP contribution in [0.4, 0.5) is 4.79 Å². The van der Waals surface area contributed by atoms with Gasteiger partial charge in [-0.2, -0.15) is 0 Å². The molecule has 1 rings (SSSR count). The highest BCUT2D eigenvalue weighted by Crippen LogP contribution is 2.30. The molecule has 0 radical (unpaired) electrons. The number of rotatable bonds is 4. The highest BCUT2D eigenvalue weighted by molar-refractivity contribution is 5.84. The zero-order valence-corrected chi connectivity index (χ0v) is 12.3. The lowest BCUT2D eigenvalue weighted by atomic mass is 9.80. The Morgan fingerprint density at radius 3 is 2.30 bits per heavy atom. The standard InChI is InChI=1S/C13H23N3O4/c1-4-15(3)10(17)9-14-12(20)16-7-5-13(2,6-8-16)11(18)19/h4-9H2,1-3H3,(H,14,20)(H,18,19). The van der Waals surface area contributed by atoms with Gasteiger partial charge >= 0.3 is 12.0 Å². The molecular formula is C13H23N3O4. The summed E-state index contributed by atoms with van der Waals surface area (Å²) in [5.74, 6) is -0.967. The first-order valence-electron chi connectivity index (χ1n) is 6.80. The summed E-state index contributed by atoms with van der Waals surface area (Å²) in [5.41, 5.74) is -0.755. The van der Waals surface area contributed by atoms with Crippen molar-refractivity contribution < 1.29 is 19.5 Å². The van der Waals surface area contributed by atoms with Gasteiger partial charge in [-0.1, -0.05) is 0 Å². The first-order chi connectivity index (χ1) is 9.30. The lowest BCUT2D eigenvalue weighted by Crippen LogP contribution is -2.50. The predicted octanol–water partition coefficient (Wildman–Crippen LogP) is 0.361. The van der Waals surface area contributed by atoms with E-state index in [4.69, 9.17) is 5.11 Å². The number of carbonyl (C=O) groups is 3. The van der Waals surface area contributed by atoms with Crippen LogP contribution in [0.1, 0.15) is 26.7 Å². The number of urea groups is 1. The van der Waals surface area contributed by atoms with Crippen molar-refractivity contribution >= 4 is 17.9 Å². The molecule has 0 aromatic rings. The van der Waals surface area contributed by atoms with Crippen LogP contribution in [0, 0.1) is 5.41 Å². The molecule has 0 aromatic carbocycles. The SMILES string of the molecule is CCN(C)C(=O)CNC(=O)N1CCC(C)(C(=O)O)CC1. The fourth-order valence-corrected chi connectivity index (χ4v) is 1.99. The highest BCUT2D eigenvalue weighted by atomic mass is 16.4. The highest BCUT2D eigenvalue weighted by Gasteiger charge is 2.38. The number of hydrogen-bond donors (Lipinski definition) is 2. The van der Waals surface area contributed by atoms with Crippen LogP contribution in [0.15, 0.2) is 0 Å². The van der Waals surface area contributed by atoms with Gasteiger partial charge in [0.25, 0.3) is 0 Å². The molecule has 0 saturated carbocycles. The second-order valence-electron chi connectivity index (χ2n) is 5.42. The van der Waals surface area contributed by atoms with Crippen molar-refractivity contribution in [1.29, 1.82) is 0 Å². The van der Waals surface area contributed by atoms with Crippen LogP contribution >= 0.6 is 0 Å². The van der Waals surface area contributed by atoms with Gasteiger partial charge in [-0.25, -0.2) is 4.79 Å². The maximum absolute atomic E-state index is 11.9. The summed E-state index contributed by atoms with van der Waals surface area (Å²) < 4.78 is 0. The van der Waals surface area contributed by atoms with E-state index in [0.29, 0.717) is 32.5 Å². The van der Waals surface area contributed by atoms with Crippen LogP contribution < -0.4 is 5.32 Å². The summed E-state index contributed by atoms with van der Waals surface area (Å²) in [6.07, 6.45) is 0.858. The van der Waals surface area contributed by atoms with Gasteiger partial charge in [0, 0.05) is 26.7 Å². The Balaban J connectivity index is 2.40. The zero-order valence-electron chi connectivity index (χ0n) is 12.3. The van der Waals surface area contributed by atoms with Crippen molar-refractivity contribution in [2.75, 3.05) is 33.2 Å². The van der Waals surface area contributed by atoms with Gasteiger partial charge in [-0.3, -0.25) is 9.59 Å². The Kier molecular flexibility index (Phi) is 5.35. The Labute approximate surface area is 118 Å². The van der Waals surface area contributed by atoms with Crippen molar-refractivity contribution in [2.45, 2.75) is 26.7 Å². The molecule has 114 valence electrons. The fraction of sp³-hybridized carbons (Fsp3) is 0.769. The van der Waals surface area contributed by atoms with Gasteiger partial charge in [0.1, 0.15) is 0 Å². The smallest absolute Gasteiger partial charge is 0.317 e. The van der Waals surface area contributed by atoms with Gasteiger partial charge in [0.2, 0.25) is 5.91 Å². The minimum Gasteiger partial charge on any atom is -0.481 e. The van der Waals surface area contributed by atoms with E-state index >= 15 is 0 Å². The lowest BCUT2D eigenvalue weighted by Gasteiger charge is -2.36. The van der Waals surface area contributed by atoms with Crippen LogP contribution in [0.3, 0.4) is 0 Å². The number of likely N-dealkylation sites (N-methyl/N-ethyl adjacent to an activating group) is 1. The quantitative estimate of drug-likeness (QED) is 0.780. The molecule has 1 saturated heterocycles. The molecule has 20 heavy (non-hydrogen) atoms. The van der Waals surface area contributed by atoms with Crippen molar-refractivity contribution in [3.63, 3.8) is 0 Å². The molecule has 2 N–H and O–H groups in total. The molecule has 0 unspecified atom stereocenters. The Morgan fingerprint density at radius 1 is 1.30 bits per heavy atom. The largest absolute Gasteiger partial charge is 0.481 e. The molecule has 1 fully saturated rings. The number of likely N-dealkylation sites (tertiary alicyclic amines) is 1. The molecule has 3 amide bonds. The van der Waals surface area contributed by atoms with Gasteiger partial charge in [0.05, 0.1) is 12.0 Å². The summed E-state index contributed by atoms with van der Waals surface area (Å²) in [4.78, 5) is 37.7. The number of hydrogen-bond acceptors (Lipinski definition) is 3. The second-order valence-corrected chi connectivity index (χ2v) is 5.42. The number of nitrogens with one attached hydrogen (secondary N) is 1. The van der Waals surface area contributed by atoms with E-state index in [9.17, 15) is 14.4 Å². The molecule has 0 bridgehead atoms. The molecule has 0 spiro atoms. The van der Waals surface area contributed by atoms with E-state index in [-0.39, 0.29) is 18.5 Å². The Hall–Kier alpha value is -1.79. The van der Waals surface area contributed by atoms with Crippen molar-refractivity contribution in [3.05, 3.63) is 0 Å². The molecule has 0 aromatic heterocycles. The van der Waals surface area contributed by atoms with Gasteiger partial charge in [0.15, 0.2) is 0 Å². The fourth-order valence-electron chi connectivity index (χ4n) is 1.99. The number of nitrogens with zero attached hydrogens (tertiary/aromatic N) is 2. The van der Waals surface area contributed by atoms with E-state index < -0.39 is 11.4 Å². The summed E-state index contributed by atoms with van der Waals surface area (Å²) in [5, 5.41) is 11.7. The first kappa shape index (κ1) is 16.3. The van der Waals surface area contributed by atoms with E-state index in [1.165, 1.54) is 4.90 Å². The average molecular weight is 285 g/mol. The lowest BCUT2D eigenvalue weighted by molar-refractivity contribution is -0.150. The number of amides is 3. The van der Waals surface area contributed by atoms with E-state index in [1.807, 2.05) is 6.92 Å². The number of carboxylic acid groups (broad SMARTS) is 1. The van der Waals surface area contributed by atoms with Crippen LogP contribution in [0.2, 0.25) is 0 Å². The average Bonchev–Trinajstić information content (AvgIpc) is 2.44. The van der Waals surface area contributed by atoms with Crippen molar-refractivity contribution in [2.24, 2.45) is 5.41 Å². The predicted molar refractivity (Wildman–Crippen MR) is 73.3 cm³/mol. The zero-order chi connectivity index (χ0) is 15.3. The Morgan fingerprint density at radius 2 is 1.85 bits per heavy atom. The van der Waals surface area contributed by atoms with E-state index in [0.717, 1.165) is 0 Å². The number of carboxylic acids is 1. The van der Waals surface area contributed by atoms with Crippen LogP contribution in [0.5, 0.6) is 0 Å². The summed E-state index contributed by atoms with van der Waals surface area (Å²) in [6.45, 7) is 4.91. The minimum absolute atomic E-state index is 0.0319. The molecule has 7 heteroatoms. The summed E-state index contributed by atoms with van der Waals surface area (Å²) in [6, 6.07) is -0.310. The van der Waals surface area contributed by atoms with Crippen molar-refractivity contribution in [1.82, 2.24) is 15.1 Å². The van der Waals surface area contributed by atoms with Gasteiger partial charge < -0.3 is 20.2 Å². The first-order valence-corrected chi connectivity index (χ1v) is 6.80. The minimum atomic E-state index is -0.822. The van der Waals surface area contributed by atoms with Gasteiger partial charge in [-0.05, 0) is 26.7 Å². The van der Waals surface area contributed by atoms with Crippen LogP contribution in [-0.4, -0.2) is 66.0 Å². The molecule has 0 atom stereocenters. The van der Waals surface area contributed by atoms with Crippen LogP contribution in [0.25, 0.3) is 0 Å².